The predicted molar refractivity (Wildman–Crippen MR) is 114 cm³/mol. The molecule has 2 fully saturated rings. The van der Waals surface area contributed by atoms with E-state index in [2.05, 4.69) is 27.8 Å². The number of rotatable bonds is 3. The Bertz CT molecular complexity index is 897. The number of hydrogen-bond donors (Lipinski definition) is 2. The van der Waals surface area contributed by atoms with Gasteiger partial charge >= 0.3 is 0 Å². The third kappa shape index (κ3) is 3.70. The molecule has 0 radical (unpaired) electrons. The summed E-state index contributed by atoms with van der Waals surface area (Å²) < 4.78 is 0. The largest absolute Gasteiger partial charge is 0.355 e. The van der Waals surface area contributed by atoms with Crippen molar-refractivity contribution in [3.05, 3.63) is 45.4 Å². The van der Waals surface area contributed by atoms with Gasteiger partial charge in [-0.05, 0) is 62.1 Å². The van der Waals surface area contributed by atoms with E-state index < -0.39 is 0 Å². The summed E-state index contributed by atoms with van der Waals surface area (Å²) in [5.74, 6) is 1.10. The number of aryl methyl sites for hydroxylation is 2. The Morgan fingerprint density at radius 2 is 1.83 bits per heavy atom. The highest BCUT2D eigenvalue weighted by atomic mass is 32.1. The minimum atomic E-state index is -0.116. The van der Waals surface area contributed by atoms with Gasteiger partial charge in [0.1, 0.15) is 0 Å². The summed E-state index contributed by atoms with van der Waals surface area (Å²) in [6.45, 7) is 0.719. The Hall–Kier alpha value is -2.21. The fourth-order valence-corrected chi connectivity index (χ4v) is 6.32. The number of nitrogens with one attached hydrogen (secondary N) is 2. The van der Waals surface area contributed by atoms with Gasteiger partial charge in [0.05, 0.1) is 5.69 Å². The minimum absolute atomic E-state index is 0.116. The number of fused-ring (bicyclic) bond motifs is 2. The topological polar surface area (TPSA) is 71.1 Å². The zero-order valence-corrected chi connectivity index (χ0v) is 17.4. The first kappa shape index (κ1) is 18.8. The van der Waals surface area contributed by atoms with Crippen LogP contribution >= 0.6 is 11.3 Å². The second-order valence-corrected chi connectivity index (χ2v) is 9.66. The van der Waals surface area contributed by atoms with Gasteiger partial charge < -0.3 is 10.6 Å². The lowest BCUT2D eigenvalue weighted by Crippen LogP contribution is -2.47. The molecule has 1 saturated heterocycles. The zero-order valence-electron chi connectivity index (χ0n) is 16.6. The first-order chi connectivity index (χ1) is 14.2. The quantitative estimate of drug-likeness (QED) is 0.794. The second-order valence-electron chi connectivity index (χ2n) is 8.58. The van der Waals surface area contributed by atoms with Crippen molar-refractivity contribution < 1.29 is 9.59 Å². The standard InChI is InChI=1S/C23H27N3O2S/c27-21-17-6-2-1-5-16(17)18(13-24-21)14-9-11-15(12-10-14)25-22(28)23-26-19-7-3-4-8-20(19)29-23/h9-12,16-18H,1-8,13H2,(H,24,27)(H,25,28). The summed E-state index contributed by atoms with van der Waals surface area (Å²) in [4.78, 5) is 30.7. The van der Waals surface area contributed by atoms with E-state index in [1.165, 1.54) is 41.0 Å². The van der Waals surface area contributed by atoms with Gasteiger partial charge in [0.2, 0.25) is 5.91 Å². The highest BCUT2D eigenvalue weighted by Crippen LogP contribution is 2.42. The summed E-state index contributed by atoms with van der Waals surface area (Å²) in [5, 5.41) is 6.68. The van der Waals surface area contributed by atoms with E-state index in [4.69, 9.17) is 0 Å². The Balaban J connectivity index is 1.28. The number of anilines is 1. The van der Waals surface area contributed by atoms with Crippen molar-refractivity contribution >= 4 is 28.8 Å². The van der Waals surface area contributed by atoms with Crippen LogP contribution in [0, 0.1) is 11.8 Å². The average molecular weight is 410 g/mol. The molecule has 3 atom stereocenters. The molecule has 3 aliphatic rings. The van der Waals surface area contributed by atoms with E-state index in [0.29, 0.717) is 16.8 Å². The van der Waals surface area contributed by atoms with Crippen LogP contribution < -0.4 is 10.6 Å². The maximum atomic E-state index is 12.6. The molecule has 2 aromatic rings. The predicted octanol–water partition coefficient (Wildman–Crippen LogP) is 4.29. The summed E-state index contributed by atoms with van der Waals surface area (Å²) in [5.41, 5.74) is 3.17. The van der Waals surface area contributed by atoms with Crippen molar-refractivity contribution in [3.8, 4) is 0 Å². The van der Waals surface area contributed by atoms with Crippen molar-refractivity contribution in [1.82, 2.24) is 10.3 Å². The molecule has 5 rings (SSSR count). The number of carbonyl (C=O) groups is 2. The van der Waals surface area contributed by atoms with Gasteiger partial charge in [-0.3, -0.25) is 9.59 Å². The van der Waals surface area contributed by atoms with E-state index in [-0.39, 0.29) is 17.7 Å². The Kier molecular flexibility index (Phi) is 5.12. The van der Waals surface area contributed by atoms with Gasteiger partial charge in [0, 0.05) is 28.9 Å². The van der Waals surface area contributed by atoms with Crippen molar-refractivity contribution in [2.24, 2.45) is 11.8 Å². The van der Waals surface area contributed by atoms with Gasteiger partial charge in [-0.2, -0.15) is 0 Å². The Morgan fingerprint density at radius 3 is 2.66 bits per heavy atom. The van der Waals surface area contributed by atoms with Crippen molar-refractivity contribution in [2.75, 3.05) is 11.9 Å². The molecule has 1 aliphatic heterocycles. The summed E-state index contributed by atoms with van der Waals surface area (Å²) >= 11 is 1.54. The molecule has 3 unspecified atom stereocenters. The number of nitrogens with zero attached hydrogens (tertiary/aromatic N) is 1. The molecular formula is C23H27N3O2S. The number of carbonyl (C=O) groups excluding carboxylic acids is 2. The third-order valence-electron chi connectivity index (χ3n) is 6.81. The molecule has 1 saturated carbocycles. The van der Waals surface area contributed by atoms with Gasteiger partial charge in [-0.15, -0.1) is 11.3 Å². The molecule has 2 N–H and O–H groups in total. The first-order valence-corrected chi connectivity index (χ1v) is 11.7. The lowest BCUT2D eigenvalue weighted by Gasteiger charge is -2.41. The molecule has 2 heterocycles. The van der Waals surface area contributed by atoms with Crippen molar-refractivity contribution in [1.29, 1.82) is 0 Å². The minimum Gasteiger partial charge on any atom is -0.355 e. The smallest absolute Gasteiger partial charge is 0.284 e. The molecule has 152 valence electrons. The molecule has 2 amide bonds. The van der Waals surface area contributed by atoms with Crippen LogP contribution in [0.1, 0.15) is 70.4 Å². The highest BCUT2D eigenvalue weighted by molar-refractivity contribution is 7.13. The van der Waals surface area contributed by atoms with E-state index in [9.17, 15) is 9.59 Å². The molecule has 0 spiro atoms. The molecule has 0 bridgehead atoms. The summed E-state index contributed by atoms with van der Waals surface area (Å²) in [6, 6.07) is 8.18. The summed E-state index contributed by atoms with van der Waals surface area (Å²) in [6.07, 6.45) is 8.94. The number of benzene rings is 1. The van der Waals surface area contributed by atoms with E-state index >= 15 is 0 Å². The molecular weight excluding hydrogens is 382 g/mol. The molecule has 1 aromatic heterocycles. The zero-order chi connectivity index (χ0) is 19.8. The Labute approximate surface area is 175 Å². The summed E-state index contributed by atoms with van der Waals surface area (Å²) in [7, 11) is 0. The van der Waals surface area contributed by atoms with Crippen LogP contribution in [-0.2, 0) is 17.6 Å². The first-order valence-electron chi connectivity index (χ1n) is 10.9. The van der Waals surface area contributed by atoms with E-state index in [1.54, 1.807) is 0 Å². The third-order valence-corrected chi connectivity index (χ3v) is 7.96. The van der Waals surface area contributed by atoms with Crippen LogP contribution in [0.3, 0.4) is 0 Å². The van der Waals surface area contributed by atoms with Crippen LogP contribution in [0.2, 0.25) is 0 Å². The lowest BCUT2D eigenvalue weighted by molar-refractivity contribution is -0.130. The number of hydrogen-bond acceptors (Lipinski definition) is 4. The van der Waals surface area contributed by atoms with Crippen molar-refractivity contribution in [2.45, 2.75) is 57.3 Å². The van der Waals surface area contributed by atoms with Gasteiger partial charge in [-0.25, -0.2) is 4.98 Å². The van der Waals surface area contributed by atoms with Crippen LogP contribution in [0.4, 0.5) is 5.69 Å². The molecule has 29 heavy (non-hydrogen) atoms. The number of amides is 2. The normalized spacial score (nSPS) is 26.2. The van der Waals surface area contributed by atoms with Crippen LogP contribution in [0.25, 0.3) is 0 Å². The molecule has 6 heteroatoms. The fraction of sp³-hybridized carbons (Fsp3) is 0.522. The van der Waals surface area contributed by atoms with Crippen LogP contribution in [0.5, 0.6) is 0 Å². The van der Waals surface area contributed by atoms with Gasteiger partial charge in [0.25, 0.3) is 5.91 Å². The van der Waals surface area contributed by atoms with Gasteiger partial charge in [-0.1, -0.05) is 25.0 Å². The fourth-order valence-electron chi connectivity index (χ4n) is 5.27. The number of piperidine rings is 1. The van der Waals surface area contributed by atoms with Crippen LogP contribution in [-0.4, -0.2) is 23.3 Å². The maximum absolute atomic E-state index is 12.6. The monoisotopic (exact) mass is 409 g/mol. The molecule has 2 aliphatic carbocycles. The van der Waals surface area contributed by atoms with E-state index in [0.717, 1.165) is 50.0 Å². The highest BCUT2D eigenvalue weighted by Gasteiger charge is 2.40. The molecule has 5 nitrogen and oxygen atoms in total. The van der Waals surface area contributed by atoms with E-state index in [1.807, 2.05) is 12.1 Å². The Morgan fingerprint density at radius 1 is 1.03 bits per heavy atom. The SMILES string of the molecule is O=C(Nc1ccc(C2CNC(=O)C3CCCCC32)cc1)c1nc2c(s1)CCCC2. The number of thiazole rings is 1. The maximum Gasteiger partial charge on any atom is 0.284 e. The van der Waals surface area contributed by atoms with Gasteiger partial charge in [0.15, 0.2) is 5.01 Å². The molecule has 1 aromatic carbocycles. The average Bonchev–Trinajstić information content (AvgIpc) is 3.20. The second kappa shape index (κ2) is 7.90. The van der Waals surface area contributed by atoms with Crippen molar-refractivity contribution in [3.63, 3.8) is 0 Å². The van der Waals surface area contributed by atoms with Crippen LogP contribution in [0.15, 0.2) is 24.3 Å². The lowest BCUT2D eigenvalue weighted by atomic mass is 9.68. The number of aromatic nitrogens is 1.